The highest BCUT2D eigenvalue weighted by Gasteiger charge is 2.27. The van der Waals surface area contributed by atoms with Crippen LogP contribution in [0.4, 0.5) is 0 Å². The van der Waals surface area contributed by atoms with E-state index >= 15 is 0 Å². The van der Waals surface area contributed by atoms with Crippen molar-refractivity contribution in [3.8, 4) is 17.1 Å². The van der Waals surface area contributed by atoms with Crippen molar-refractivity contribution in [1.82, 2.24) is 4.90 Å². The molecule has 0 aliphatic carbocycles. The molecule has 0 unspecified atom stereocenters. The summed E-state index contributed by atoms with van der Waals surface area (Å²) in [4.78, 5) is 26.7. The molecule has 3 N–H and O–H groups in total. The molecule has 1 aromatic heterocycles. The lowest BCUT2D eigenvalue weighted by atomic mass is 9.99. The summed E-state index contributed by atoms with van der Waals surface area (Å²) in [5.41, 5.74) is 7.76. The van der Waals surface area contributed by atoms with E-state index < -0.39 is 11.9 Å². The predicted molar refractivity (Wildman–Crippen MR) is 117 cm³/mol. The molecule has 1 fully saturated rings. The number of phenols is 1. The van der Waals surface area contributed by atoms with Crippen LogP contribution >= 0.6 is 0 Å². The van der Waals surface area contributed by atoms with Crippen LogP contribution in [0.15, 0.2) is 40.8 Å². The summed E-state index contributed by atoms with van der Waals surface area (Å²) in [6.45, 7) is 4.38. The van der Waals surface area contributed by atoms with Crippen LogP contribution in [0, 0.1) is 0 Å². The minimum absolute atomic E-state index is 0.125. The van der Waals surface area contributed by atoms with Crippen molar-refractivity contribution < 1.29 is 23.8 Å². The number of esters is 1. The number of piperidine rings is 1. The molecule has 162 valence electrons. The van der Waals surface area contributed by atoms with Crippen LogP contribution in [0.2, 0.25) is 0 Å². The van der Waals surface area contributed by atoms with Gasteiger partial charge in [-0.3, -0.25) is 9.69 Å². The van der Waals surface area contributed by atoms with Crippen LogP contribution in [0.5, 0.6) is 5.75 Å². The van der Waals surface area contributed by atoms with E-state index in [1.165, 1.54) is 6.42 Å². The quantitative estimate of drug-likeness (QED) is 0.580. The van der Waals surface area contributed by atoms with Crippen molar-refractivity contribution in [2.75, 3.05) is 19.7 Å². The van der Waals surface area contributed by atoms with Crippen molar-refractivity contribution in [2.45, 2.75) is 32.7 Å². The molecule has 1 aliphatic heterocycles. The summed E-state index contributed by atoms with van der Waals surface area (Å²) in [6.07, 6.45) is 3.44. The van der Waals surface area contributed by atoms with Gasteiger partial charge >= 0.3 is 5.97 Å². The number of carbonyl (C=O) groups is 2. The number of phenolic OH excluding ortho intramolecular Hbond substituents is 1. The fourth-order valence-corrected chi connectivity index (χ4v) is 4.14. The number of hydrogen-bond acceptors (Lipinski definition) is 6. The smallest absolute Gasteiger partial charge is 0.342 e. The van der Waals surface area contributed by atoms with Crippen molar-refractivity contribution >= 4 is 22.8 Å². The molecule has 0 saturated carbocycles. The van der Waals surface area contributed by atoms with Crippen LogP contribution in [0.3, 0.4) is 0 Å². The molecule has 1 amide bonds. The second-order valence-corrected chi connectivity index (χ2v) is 7.74. The van der Waals surface area contributed by atoms with Crippen LogP contribution in [-0.4, -0.2) is 41.6 Å². The van der Waals surface area contributed by atoms with Crippen molar-refractivity contribution in [2.24, 2.45) is 5.73 Å². The monoisotopic (exact) mass is 422 g/mol. The summed E-state index contributed by atoms with van der Waals surface area (Å²) in [6, 6.07) is 9.81. The fourth-order valence-electron chi connectivity index (χ4n) is 4.14. The van der Waals surface area contributed by atoms with Gasteiger partial charge in [0.1, 0.15) is 22.7 Å². The third-order valence-electron chi connectivity index (χ3n) is 5.68. The van der Waals surface area contributed by atoms with Crippen LogP contribution < -0.4 is 5.73 Å². The first-order chi connectivity index (χ1) is 15.0. The van der Waals surface area contributed by atoms with Gasteiger partial charge < -0.3 is 20.0 Å². The molecule has 0 bridgehead atoms. The predicted octanol–water partition coefficient (Wildman–Crippen LogP) is 4.07. The first kappa shape index (κ1) is 20.9. The number of aromatic hydroxyl groups is 1. The SMILES string of the molecule is CCOC(=O)c1c(-c2ccc(C(N)=O)cc2)oc2ccc(O)c(CN3CCCCC3)c12. The maximum Gasteiger partial charge on any atom is 0.342 e. The number of fused-ring (bicyclic) bond motifs is 1. The highest BCUT2D eigenvalue weighted by molar-refractivity contribution is 6.10. The molecule has 7 heteroatoms. The maximum atomic E-state index is 13.0. The van der Waals surface area contributed by atoms with Gasteiger partial charge in [-0.05, 0) is 57.1 Å². The number of nitrogens with zero attached hydrogens (tertiary/aromatic N) is 1. The molecule has 1 aliphatic rings. The Labute approximate surface area is 180 Å². The van der Waals surface area contributed by atoms with Crippen LogP contribution in [0.1, 0.15) is 52.5 Å². The third-order valence-corrected chi connectivity index (χ3v) is 5.68. The number of likely N-dealkylation sites (tertiary alicyclic amines) is 1. The molecule has 0 radical (unpaired) electrons. The number of furan rings is 1. The molecular weight excluding hydrogens is 396 g/mol. The zero-order chi connectivity index (χ0) is 22.0. The van der Waals surface area contributed by atoms with Gasteiger partial charge in [0, 0.05) is 28.6 Å². The van der Waals surface area contributed by atoms with E-state index in [0.29, 0.717) is 40.0 Å². The lowest BCUT2D eigenvalue weighted by Crippen LogP contribution is -2.29. The van der Waals surface area contributed by atoms with Gasteiger partial charge in [-0.1, -0.05) is 18.6 Å². The maximum absolute atomic E-state index is 13.0. The van der Waals surface area contributed by atoms with Gasteiger partial charge in [0.15, 0.2) is 0 Å². The molecular formula is C24H26N2O5. The number of nitrogens with two attached hydrogens (primary N) is 1. The molecule has 7 nitrogen and oxygen atoms in total. The Bertz CT molecular complexity index is 1110. The summed E-state index contributed by atoms with van der Waals surface area (Å²) in [5.74, 6) is -0.578. The number of primary amides is 1. The van der Waals surface area contributed by atoms with Gasteiger partial charge in [-0.25, -0.2) is 4.79 Å². The molecule has 0 atom stereocenters. The summed E-state index contributed by atoms with van der Waals surface area (Å²) < 4.78 is 11.4. The zero-order valence-electron chi connectivity index (χ0n) is 17.5. The summed E-state index contributed by atoms with van der Waals surface area (Å²) in [7, 11) is 0. The average Bonchev–Trinajstić information content (AvgIpc) is 3.17. The fraction of sp³-hybridized carbons (Fsp3) is 0.333. The third kappa shape index (κ3) is 4.14. The first-order valence-electron chi connectivity index (χ1n) is 10.6. The molecule has 4 rings (SSSR count). The Morgan fingerprint density at radius 1 is 1.10 bits per heavy atom. The van der Waals surface area contributed by atoms with Gasteiger partial charge in [-0.2, -0.15) is 0 Å². The largest absolute Gasteiger partial charge is 0.508 e. The van der Waals surface area contributed by atoms with E-state index in [0.717, 1.165) is 25.9 Å². The number of ether oxygens (including phenoxy) is 1. The minimum Gasteiger partial charge on any atom is -0.508 e. The zero-order valence-corrected chi connectivity index (χ0v) is 17.5. The lowest BCUT2D eigenvalue weighted by Gasteiger charge is -2.27. The average molecular weight is 422 g/mol. The van der Waals surface area contributed by atoms with E-state index in [1.807, 2.05) is 0 Å². The molecule has 3 aromatic rings. The summed E-state index contributed by atoms with van der Waals surface area (Å²) in [5, 5.41) is 11.2. The number of hydrogen-bond donors (Lipinski definition) is 2. The normalized spacial score (nSPS) is 14.6. The topological polar surface area (TPSA) is 106 Å². The number of amides is 1. The van der Waals surface area contributed by atoms with Crippen LogP contribution in [-0.2, 0) is 11.3 Å². The molecule has 0 spiro atoms. The molecule has 31 heavy (non-hydrogen) atoms. The molecule has 1 saturated heterocycles. The lowest BCUT2D eigenvalue weighted by molar-refractivity contribution is 0.0528. The van der Waals surface area contributed by atoms with Crippen molar-refractivity contribution in [3.63, 3.8) is 0 Å². The Morgan fingerprint density at radius 3 is 2.45 bits per heavy atom. The van der Waals surface area contributed by atoms with E-state index in [2.05, 4.69) is 4.90 Å². The standard InChI is InChI=1S/C24H26N2O5/c1-2-30-24(29)21-20-17(14-26-12-4-3-5-13-26)18(27)10-11-19(20)31-22(21)15-6-8-16(9-7-15)23(25)28/h6-11,27H,2-5,12-14H2,1H3,(H2,25,28). The minimum atomic E-state index is -0.532. The number of benzene rings is 2. The Kier molecular flexibility index (Phi) is 5.95. The number of carbonyl (C=O) groups excluding carboxylic acids is 2. The van der Waals surface area contributed by atoms with E-state index in [1.54, 1.807) is 43.3 Å². The highest BCUT2D eigenvalue weighted by Crippen LogP contribution is 2.39. The second-order valence-electron chi connectivity index (χ2n) is 7.74. The van der Waals surface area contributed by atoms with Gasteiger partial charge in [-0.15, -0.1) is 0 Å². The van der Waals surface area contributed by atoms with E-state index in [9.17, 15) is 14.7 Å². The molecule has 2 aromatic carbocycles. The van der Waals surface area contributed by atoms with E-state index in [4.69, 9.17) is 14.9 Å². The van der Waals surface area contributed by atoms with E-state index in [-0.39, 0.29) is 17.9 Å². The second kappa shape index (κ2) is 8.81. The highest BCUT2D eigenvalue weighted by atomic mass is 16.5. The molecule has 2 heterocycles. The van der Waals surface area contributed by atoms with Gasteiger partial charge in [0.25, 0.3) is 0 Å². The van der Waals surface area contributed by atoms with Crippen molar-refractivity contribution in [1.29, 1.82) is 0 Å². The van der Waals surface area contributed by atoms with Gasteiger partial charge in [0.05, 0.1) is 6.61 Å². The van der Waals surface area contributed by atoms with Crippen LogP contribution in [0.25, 0.3) is 22.3 Å². The Hall–Kier alpha value is -3.32. The first-order valence-corrected chi connectivity index (χ1v) is 10.6. The van der Waals surface area contributed by atoms with Crippen molar-refractivity contribution in [3.05, 3.63) is 53.1 Å². The van der Waals surface area contributed by atoms with Gasteiger partial charge in [0.2, 0.25) is 5.91 Å². The Morgan fingerprint density at radius 2 is 1.81 bits per heavy atom. The number of rotatable bonds is 6. The Balaban J connectivity index is 1.88. The summed E-state index contributed by atoms with van der Waals surface area (Å²) >= 11 is 0.